The van der Waals surface area contributed by atoms with Crippen molar-refractivity contribution in [3.05, 3.63) is 23.3 Å². The van der Waals surface area contributed by atoms with Crippen LogP contribution in [-0.4, -0.2) is 38.2 Å². The monoisotopic (exact) mass is 325 g/mol. The van der Waals surface area contributed by atoms with Crippen molar-refractivity contribution in [3.8, 4) is 11.5 Å². The molecule has 5 nitrogen and oxygen atoms in total. The Balaban J connectivity index is 1.90. The quantitative estimate of drug-likeness (QED) is 0.853. The Bertz CT molecular complexity index is 656. The highest BCUT2D eigenvalue weighted by molar-refractivity contribution is 7.89. The van der Waals surface area contributed by atoms with Gasteiger partial charge in [0.15, 0.2) is 11.5 Å². The van der Waals surface area contributed by atoms with Crippen molar-refractivity contribution in [1.82, 2.24) is 4.31 Å². The van der Waals surface area contributed by atoms with E-state index >= 15 is 0 Å². The summed E-state index contributed by atoms with van der Waals surface area (Å²) >= 11 is 0. The second-order valence-electron chi connectivity index (χ2n) is 5.90. The number of hydrogen-bond donors (Lipinski definition) is 0. The summed E-state index contributed by atoms with van der Waals surface area (Å²) in [7, 11) is -3.20. The maximum Gasteiger partial charge on any atom is 0.214 e. The van der Waals surface area contributed by atoms with Crippen molar-refractivity contribution in [1.29, 1.82) is 0 Å². The number of unbranched alkanes of at least 4 members (excludes halogenated alkanes) is 1. The molecule has 3 rings (SSSR count). The zero-order chi connectivity index (χ0) is 15.7. The van der Waals surface area contributed by atoms with E-state index in [-0.39, 0.29) is 11.8 Å². The van der Waals surface area contributed by atoms with Crippen molar-refractivity contribution in [3.63, 3.8) is 0 Å². The van der Waals surface area contributed by atoms with Gasteiger partial charge in [-0.1, -0.05) is 13.3 Å². The molecule has 1 aromatic rings. The van der Waals surface area contributed by atoms with E-state index in [1.165, 1.54) is 5.56 Å². The fraction of sp³-hybridized carbons (Fsp3) is 0.625. The van der Waals surface area contributed by atoms with Gasteiger partial charge in [0.2, 0.25) is 10.0 Å². The molecule has 0 bridgehead atoms. The molecule has 22 heavy (non-hydrogen) atoms. The van der Waals surface area contributed by atoms with Gasteiger partial charge in [-0.05, 0) is 43.0 Å². The summed E-state index contributed by atoms with van der Waals surface area (Å²) in [6.07, 6.45) is 2.32. The number of nitrogens with zero attached hydrogens (tertiary/aromatic N) is 1. The Morgan fingerprint density at radius 3 is 2.59 bits per heavy atom. The zero-order valence-corrected chi connectivity index (χ0v) is 14.0. The minimum absolute atomic E-state index is 0.151. The van der Waals surface area contributed by atoms with Gasteiger partial charge in [0.1, 0.15) is 13.2 Å². The van der Waals surface area contributed by atoms with Crippen LogP contribution in [0.15, 0.2) is 12.1 Å². The molecular weight excluding hydrogens is 302 g/mol. The topological polar surface area (TPSA) is 55.8 Å². The van der Waals surface area contributed by atoms with E-state index < -0.39 is 10.0 Å². The highest BCUT2D eigenvalue weighted by Crippen LogP contribution is 2.40. The first-order chi connectivity index (χ1) is 10.5. The summed E-state index contributed by atoms with van der Waals surface area (Å²) in [6, 6.07) is 3.81. The van der Waals surface area contributed by atoms with E-state index in [2.05, 4.69) is 0 Å². The van der Waals surface area contributed by atoms with Crippen molar-refractivity contribution in [2.45, 2.75) is 39.2 Å². The van der Waals surface area contributed by atoms with Crippen LogP contribution in [0.5, 0.6) is 11.5 Å². The zero-order valence-electron chi connectivity index (χ0n) is 13.2. The molecule has 1 aromatic carbocycles. The average Bonchev–Trinajstić information content (AvgIpc) is 2.51. The van der Waals surface area contributed by atoms with E-state index in [0.717, 1.165) is 29.9 Å². The van der Waals surface area contributed by atoms with E-state index in [1.54, 1.807) is 4.31 Å². The van der Waals surface area contributed by atoms with Gasteiger partial charge in [-0.15, -0.1) is 0 Å². The molecule has 0 aromatic heterocycles. The lowest BCUT2D eigenvalue weighted by Crippen LogP contribution is -2.40. The van der Waals surface area contributed by atoms with Gasteiger partial charge in [-0.25, -0.2) is 8.42 Å². The second-order valence-corrected chi connectivity index (χ2v) is 7.94. The summed E-state index contributed by atoms with van der Waals surface area (Å²) in [5.41, 5.74) is 2.20. The fourth-order valence-electron chi connectivity index (χ4n) is 3.16. The van der Waals surface area contributed by atoms with E-state index in [4.69, 9.17) is 9.47 Å². The Morgan fingerprint density at radius 1 is 1.23 bits per heavy atom. The summed E-state index contributed by atoms with van der Waals surface area (Å²) < 4.78 is 37.9. The predicted octanol–water partition coefficient (Wildman–Crippen LogP) is 2.51. The number of fused-ring (bicyclic) bond motifs is 2. The minimum Gasteiger partial charge on any atom is -0.486 e. The number of sulfonamides is 1. The molecule has 1 unspecified atom stereocenters. The van der Waals surface area contributed by atoms with Gasteiger partial charge >= 0.3 is 0 Å². The standard InChI is InChI=1S/C16H23NO4S/c1-3-4-9-22(18,19)17-6-5-13-10-15-16(21-8-7-20-15)11-14(13)12(17)2/h10-12H,3-9H2,1-2H3. The maximum atomic E-state index is 12.5. The van der Waals surface area contributed by atoms with Crippen LogP contribution >= 0.6 is 0 Å². The molecule has 1 atom stereocenters. The molecule has 0 spiro atoms. The van der Waals surface area contributed by atoms with Crippen LogP contribution in [-0.2, 0) is 16.4 Å². The minimum atomic E-state index is -3.20. The maximum absolute atomic E-state index is 12.5. The first-order valence-electron chi connectivity index (χ1n) is 7.95. The molecule has 0 aliphatic carbocycles. The molecule has 0 radical (unpaired) electrons. The van der Waals surface area contributed by atoms with E-state index in [0.29, 0.717) is 26.2 Å². The third kappa shape index (κ3) is 2.82. The molecule has 2 aliphatic rings. The lowest BCUT2D eigenvalue weighted by Gasteiger charge is -2.35. The average molecular weight is 325 g/mol. The normalized spacial score (nSPS) is 21.5. The highest BCUT2D eigenvalue weighted by Gasteiger charge is 2.33. The third-order valence-corrected chi connectivity index (χ3v) is 6.42. The molecule has 0 amide bonds. The lowest BCUT2D eigenvalue weighted by atomic mass is 9.94. The molecule has 0 fully saturated rings. The Labute approximate surface area is 132 Å². The number of benzene rings is 1. The summed E-state index contributed by atoms with van der Waals surface area (Å²) in [5.74, 6) is 1.73. The summed E-state index contributed by atoms with van der Waals surface area (Å²) in [5, 5.41) is 0. The second kappa shape index (κ2) is 6.08. The van der Waals surface area contributed by atoms with Crippen LogP contribution in [0.3, 0.4) is 0 Å². The molecular formula is C16H23NO4S. The third-order valence-electron chi connectivity index (χ3n) is 4.40. The van der Waals surface area contributed by atoms with Gasteiger partial charge in [-0.2, -0.15) is 4.31 Å². The summed E-state index contributed by atoms with van der Waals surface area (Å²) in [4.78, 5) is 0. The molecule has 122 valence electrons. The molecule has 0 saturated heterocycles. The van der Waals surface area contributed by atoms with Crippen LogP contribution in [0.25, 0.3) is 0 Å². The van der Waals surface area contributed by atoms with Crippen molar-refractivity contribution < 1.29 is 17.9 Å². The van der Waals surface area contributed by atoms with E-state index in [1.807, 2.05) is 26.0 Å². The van der Waals surface area contributed by atoms with Gasteiger partial charge in [-0.3, -0.25) is 0 Å². The van der Waals surface area contributed by atoms with Crippen molar-refractivity contribution >= 4 is 10.0 Å². The smallest absolute Gasteiger partial charge is 0.214 e. The van der Waals surface area contributed by atoms with Crippen molar-refractivity contribution in [2.24, 2.45) is 0 Å². The molecule has 2 heterocycles. The Hall–Kier alpha value is -1.27. The molecule has 0 saturated carbocycles. The fourth-order valence-corrected chi connectivity index (χ4v) is 5.01. The first kappa shape index (κ1) is 15.6. The van der Waals surface area contributed by atoms with Crippen molar-refractivity contribution in [2.75, 3.05) is 25.5 Å². The van der Waals surface area contributed by atoms with Crippen LogP contribution < -0.4 is 9.47 Å². The largest absolute Gasteiger partial charge is 0.486 e. The van der Waals surface area contributed by atoms with Gasteiger partial charge in [0.05, 0.1) is 5.75 Å². The lowest BCUT2D eigenvalue weighted by molar-refractivity contribution is 0.170. The van der Waals surface area contributed by atoms with Crippen LogP contribution in [0, 0.1) is 0 Å². The van der Waals surface area contributed by atoms with Crippen LogP contribution in [0.1, 0.15) is 43.9 Å². The predicted molar refractivity (Wildman–Crippen MR) is 85.0 cm³/mol. The molecule has 2 aliphatic heterocycles. The van der Waals surface area contributed by atoms with Gasteiger partial charge < -0.3 is 9.47 Å². The first-order valence-corrected chi connectivity index (χ1v) is 9.56. The number of hydrogen-bond acceptors (Lipinski definition) is 4. The SMILES string of the molecule is CCCCS(=O)(=O)N1CCc2cc3c(cc2C1C)OCCO3. The summed E-state index contributed by atoms with van der Waals surface area (Å²) in [6.45, 7) is 5.61. The van der Waals surface area contributed by atoms with Crippen LogP contribution in [0.2, 0.25) is 0 Å². The Morgan fingerprint density at radius 2 is 1.91 bits per heavy atom. The van der Waals surface area contributed by atoms with E-state index in [9.17, 15) is 8.42 Å². The van der Waals surface area contributed by atoms with Gasteiger partial charge in [0, 0.05) is 12.6 Å². The number of ether oxygens (including phenoxy) is 2. The molecule has 6 heteroatoms. The molecule has 0 N–H and O–H groups in total. The Kier molecular flexibility index (Phi) is 4.32. The van der Waals surface area contributed by atoms with Crippen LogP contribution in [0.4, 0.5) is 0 Å². The number of rotatable bonds is 4. The van der Waals surface area contributed by atoms with Gasteiger partial charge in [0.25, 0.3) is 0 Å². The highest BCUT2D eigenvalue weighted by atomic mass is 32.2.